The normalized spacial score (nSPS) is 37.3. The largest absolute Gasteiger partial charge is 0.461 e. The predicted octanol–water partition coefficient (Wildman–Crippen LogP) is 6.16. The molecule has 2 aliphatic rings. The van der Waals surface area contributed by atoms with Crippen LogP contribution in [0.2, 0.25) is 0 Å². The summed E-state index contributed by atoms with van der Waals surface area (Å²) >= 11 is 0. The van der Waals surface area contributed by atoms with Crippen molar-refractivity contribution in [3.05, 3.63) is 71.0 Å². The molecule has 0 aliphatic carbocycles. The van der Waals surface area contributed by atoms with Crippen LogP contribution in [0.4, 0.5) is 17.6 Å². The molecule has 0 radical (unpaired) electrons. The maximum absolute atomic E-state index is 13.9. The molecule has 2 heterocycles. The quantitative estimate of drug-likeness (QED) is 0.0932. The van der Waals surface area contributed by atoms with Gasteiger partial charge in [-0.25, -0.2) is 4.39 Å². The van der Waals surface area contributed by atoms with Gasteiger partial charge < -0.3 is 49.0 Å². The van der Waals surface area contributed by atoms with Crippen molar-refractivity contribution in [2.75, 3.05) is 21.2 Å². The summed E-state index contributed by atoms with van der Waals surface area (Å²) in [5, 5.41) is 56.5. The monoisotopic (exact) mass is 897 g/mol. The third-order valence-corrected chi connectivity index (χ3v) is 12.8. The number of esters is 1. The predicted molar refractivity (Wildman–Crippen MR) is 228 cm³/mol. The van der Waals surface area contributed by atoms with Gasteiger partial charge in [-0.15, -0.1) is 0 Å². The van der Waals surface area contributed by atoms with E-state index in [1.165, 1.54) is 56.6 Å². The van der Waals surface area contributed by atoms with Crippen LogP contribution < -0.4 is 0 Å². The number of hydrogen-bond acceptors (Lipinski definition) is 13. The van der Waals surface area contributed by atoms with Crippen LogP contribution in [0.1, 0.15) is 91.3 Å². The highest BCUT2D eigenvalue weighted by atomic mass is 19.4. The van der Waals surface area contributed by atoms with E-state index in [-0.39, 0.29) is 30.6 Å². The second-order valence-corrected chi connectivity index (χ2v) is 18.0. The van der Waals surface area contributed by atoms with Gasteiger partial charge in [0.2, 0.25) is 0 Å². The highest BCUT2D eigenvalue weighted by Gasteiger charge is 2.52. The first kappa shape index (κ1) is 52.2. The number of aliphatic hydroxyl groups excluding tert-OH is 3. The summed E-state index contributed by atoms with van der Waals surface area (Å²) in [7, 11) is 5.13. The highest BCUT2D eigenvalue weighted by Crippen LogP contribution is 2.41. The SMILES string of the molecule is CCC1OC(O)C(C)C(OC(=O)Cc2ccc(C(F)(F)F)cc2)C(C)C(OC2OC(C)CC(N(C)C)C2O)C(C)(OC)CC(C)C(=NN=Cc2ccc(F)cc2)C(C)C(O)C1(C)O. The standard InChI is InChI=1S/C46H67F4N3O10/c1-12-35-45(8,58)40(56)27(4)37(52-51-24-31-15-19-33(47)20-16-31)25(2)23-44(7,59-11)41(63-43-38(55)34(53(9)10)21-26(3)60-43)28(5)39(29(6)42(57)61-35)62-36(54)22-30-13-17-32(18-14-30)46(48,49)50/h13-20,24-29,34-35,38-43,55-58H,12,21-23H2,1-11H3. The molecule has 15 unspecified atom stereocenters. The summed E-state index contributed by atoms with van der Waals surface area (Å²) in [5.74, 6) is -4.68. The zero-order valence-corrected chi connectivity index (χ0v) is 38.1. The first-order chi connectivity index (χ1) is 29.3. The van der Waals surface area contributed by atoms with Crippen molar-refractivity contribution >= 4 is 17.9 Å². The van der Waals surface area contributed by atoms with Crippen molar-refractivity contribution in [2.45, 2.75) is 154 Å². The minimum Gasteiger partial charge on any atom is -0.461 e. The maximum Gasteiger partial charge on any atom is 0.416 e. The molecule has 0 spiro atoms. The summed E-state index contributed by atoms with van der Waals surface area (Å²) in [6.45, 7) is 13.5. The first-order valence-corrected chi connectivity index (χ1v) is 21.5. The number of carbonyl (C=O) groups excluding carboxylic acids is 1. The molecule has 13 nitrogen and oxygen atoms in total. The third-order valence-electron chi connectivity index (χ3n) is 12.8. The van der Waals surface area contributed by atoms with Gasteiger partial charge in [0.05, 0.1) is 48.2 Å². The van der Waals surface area contributed by atoms with Gasteiger partial charge in [0.1, 0.15) is 23.6 Å². The Balaban J connectivity index is 1.89. The van der Waals surface area contributed by atoms with Gasteiger partial charge in [-0.05, 0) is 95.4 Å². The zero-order chi connectivity index (χ0) is 47.2. The lowest BCUT2D eigenvalue weighted by molar-refractivity contribution is -0.304. The number of halogens is 4. The lowest BCUT2D eigenvalue weighted by atomic mass is 9.73. The van der Waals surface area contributed by atoms with Crippen molar-refractivity contribution in [3.8, 4) is 0 Å². The van der Waals surface area contributed by atoms with Crippen molar-refractivity contribution < 1.29 is 66.5 Å². The van der Waals surface area contributed by atoms with Gasteiger partial charge in [0.25, 0.3) is 0 Å². The van der Waals surface area contributed by atoms with E-state index in [0.717, 1.165) is 12.1 Å². The molecular weight excluding hydrogens is 831 g/mol. The average Bonchev–Trinajstić information content (AvgIpc) is 3.22. The van der Waals surface area contributed by atoms with Gasteiger partial charge >= 0.3 is 12.1 Å². The number of methoxy groups -OCH3 is 1. The Morgan fingerprint density at radius 3 is 2.14 bits per heavy atom. The number of ether oxygens (including phenoxy) is 5. The van der Waals surface area contributed by atoms with E-state index < -0.39 is 108 Å². The van der Waals surface area contributed by atoms with Crippen LogP contribution in [0, 0.1) is 29.5 Å². The molecule has 0 bridgehead atoms. The molecule has 2 saturated heterocycles. The lowest BCUT2D eigenvalue weighted by Gasteiger charge is -2.49. The molecule has 0 amide bonds. The van der Waals surface area contributed by atoms with Crippen LogP contribution in [0.25, 0.3) is 0 Å². The molecule has 17 heteroatoms. The number of alkyl halides is 3. The molecule has 354 valence electrons. The average molecular weight is 898 g/mol. The Kier molecular flexibility index (Phi) is 18.0. The number of benzene rings is 2. The second kappa shape index (κ2) is 21.7. The second-order valence-electron chi connectivity index (χ2n) is 18.0. The van der Waals surface area contributed by atoms with Gasteiger partial charge in [-0.2, -0.15) is 23.4 Å². The Morgan fingerprint density at radius 1 is 0.968 bits per heavy atom. The fraction of sp³-hybridized carbons (Fsp3) is 0.674. The van der Waals surface area contributed by atoms with E-state index in [1.807, 2.05) is 32.8 Å². The number of nitrogens with zero attached hydrogens (tertiary/aromatic N) is 3. The minimum absolute atomic E-state index is 0.106. The fourth-order valence-electron chi connectivity index (χ4n) is 9.00. The van der Waals surface area contributed by atoms with Crippen LogP contribution in [-0.4, -0.2) is 131 Å². The molecular formula is C46H67F4N3O10. The fourth-order valence-corrected chi connectivity index (χ4v) is 9.00. The summed E-state index contributed by atoms with van der Waals surface area (Å²) in [5.41, 5.74) is -3.10. The summed E-state index contributed by atoms with van der Waals surface area (Å²) in [6, 6.07) is 9.35. The molecule has 0 aromatic heterocycles. The molecule has 2 fully saturated rings. The minimum atomic E-state index is -4.58. The molecule has 2 aliphatic heterocycles. The topological polar surface area (TPSA) is 172 Å². The number of carbonyl (C=O) groups is 1. The van der Waals surface area contributed by atoms with Crippen LogP contribution in [0.5, 0.6) is 0 Å². The van der Waals surface area contributed by atoms with Crippen molar-refractivity contribution in [1.29, 1.82) is 0 Å². The lowest BCUT2D eigenvalue weighted by Crippen LogP contribution is -2.61. The van der Waals surface area contributed by atoms with E-state index in [2.05, 4.69) is 10.2 Å². The number of aliphatic hydroxyl groups is 4. The third kappa shape index (κ3) is 12.9. The maximum atomic E-state index is 13.9. The van der Waals surface area contributed by atoms with Crippen LogP contribution in [0.3, 0.4) is 0 Å². The van der Waals surface area contributed by atoms with E-state index in [1.54, 1.807) is 34.6 Å². The van der Waals surface area contributed by atoms with Gasteiger partial charge in [0.15, 0.2) is 12.6 Å². The highest BCUT2D eigenvalue weighted by molar-refractivity contribution is 5.90. The molecule has 2 aromatic rings. The van der Waals surface area contributed by atoms with Crippen LogP contribution in [-0.2, 0) is 41.1 Å². The molecule has 0 saturated carbocycles. The Hall–Kier alpha value is -3.39. The van der Waals surface area contributed by atoms with E-state index in [0.29, 0.717) is 17.7 Å². The van der Waals surface area contributed by atoms with Gasteiger partial charge in [0, 0.05) is 36.6 Å². The van der Waals surface area contributed by atoms with E-state index in [9.17, 15) is 42.8 Å². The summed E-state index contributed by atoms with van der Waals surface area (Å²) in [4.78, 5) is 15.7. The van der Waals surface area contributed by atoms with Crippen molar-refractivity contribution in [1.82, 2.24) is 4.90 Å². The Morgan fingerprint density at radius 2 is 1.59 bits per heavy atom. The van der Waals surface area contributed by atoms with Gasteiger partial charge in [-0.3, -0.25) is 4.79 Å². The first-order valence-electron chi connectivity index (χ1n) is 21.5. The molecule has 15 atom stereocenters. The Bertz CT molecular complexity index is 1830. The van der Waals surface area contributed by atoms with E-state index >= 15 is 0 Å². The van der Waals surface area contributed by atoms with Crippen molar-refractivity contribution in [2.24, 2.45) is 33.9 Å². The zero-order valence-electron chi connectivity index (χ0n) is 38.1. The number of likely N-dealkylation sites (N-methyl/N-ethyl adjacent to an activating group) is 1. The smallest absolute Gasteiger partial charge is 0.416 e. The summed E-state index contributed by atoms with van der Waals surface area (Å²) in [6.07, 6.45) is -12.4. The number of hydrogen-bond donors (Lipinski definition) is 4. The molecule has 4 N–H and O–H groups in total. The molecule has 2 aromatic carbocycles. The van der Waals surface area contributed by atoms with Crippen molar-refractivity contribution in [3.63, 3.8) is 0 Å². The van der Waals surface area contributed by atoms with E-state index in [4.69, 9.17) is 23.7 Å². The number of rotatable bonds is 10. The molecule has 4 rings (SSSR count). The Labute approximate surface area is 368 Å². The van der Waals surface area contributed by atoms with Crippen LogP contribution in [0.15, 0.2) is 58.7 Å². The van der Waals surface area contributed by atoms with Crippen LogP contribution >= 0.6 is 0 Å². The molecule has 63 heavy (non-hydrogen) atoms. The summed E-state index contributed by atoms with van der Waals surface area (Å²) < 4.78 is 85.5. The van der Waals surface area contributed by atoms with Gasteiger partial charge in [-0.1, -0.05) is 58.9 Å².